The van der Waals surface area contributed by atoms with Crippen molar-refractivity contribution in [3.05, 3.63) is 94.0 Å². The van der Waals surface area contributed by atoms with Crippen LogP contribution >= 0.6 is 23.2 Å². The summed E-state index contributed by atoms with van der Waals surface area (Å²) in [5, 5.41) is 3.84. The number of hydrogen-bond acceptors (Lipinski definition) is 4. The van der Waals surface area contributed by atoms with Crippen molar-refractivity contribution < 1.29 is 18.0 Å². The Bertz CT molecular complexity index is 1460. The molecule has 7 nitrogen and oxygen atoms in total. The number of halogens is 2. The zero-order valence-corrected chi connectivity index (χ0v) is 24.8. The molecule has 1 atom stereocenters. The molecular weight excluding hydrogens is 569 g/mol. The van der Waals surface area contributed by atoms with Gasteiger partial charge in [0.1, 0.15) is 12.6 Å². The van der Waals surface area contributed by atoms with Crippen LogP contribution in [0.1, 0.15) is 43.7 Å². The molecule has 212 valence electrons. The number of carbonyl (C=O) groups is 2. The summed E-state index contributed by atoms with van der Waals surface area (Å²) in [6.45, 7) is 2.90. The summed E-state index contributed by atoms with van der Waals surface area (Å²) >= 11 is 12.7. The van der Waals surface area contributed by atoms with Gasteiger partial charge in [0.25, 0.3) is 10.0 Å². The Morgan fingerprint density at radius 3 is 2.30 bits per heavy atom. The smallest absolute Gasteiger partial charge is 0.264 e. The maximum Gasteiger partial charge on any atom is 0.264 e. The second-order valence-electron chi connectivity index (χ2n) is 10.0. The molecule has 0 bridgehead atoms. The van der Waals surface area contributed by atoms with Crippen LogP contribution in [-0.2, 0) is 26.2 Å². The van der Waals surface area contributed by atoms with E-state index < -0.39 is 28.5 Å². The molecule has 3 aromatic rings. The van der Waals surface area contributed by atoms with Crippen LogP contribution in [-0.4, -0.2) is 43.8 Å². The van der Waals surface area contributed by atoms with Gasteiger partial charge in [-0.3, -0.25) is 13.9 Å². The van der Waals surface area contributed by atoms with E-state index >= 15 is 0 Å². The lowest BCUT2D eigenvalue weighted by atomic mass is 10.1. The van der Waals surface area contributed by atoms with E-state index in [1.807, 2.05) is 0 Å². The van der Waals surface area contributed by atoms with Crippen molar-refractivity contribution in [2.45, 2.75) is 63.1 Å². The van der Waals surface area contributed by atoms with Crippen LogP contribution < -0.4 is 9.62 Å². The SMILES string of the molecule is Cc1ccc(Cl)cc1N(CC(=O)N(Cc1ccccc1Cl)C(C)C(=O)NC1CCCC1)S(=O)(=O)c1ccccc1. The minimum absolute atomic E-state index is 0.0332. The zero-order chi connectivity index (χ0) is 28.9. The molecule has 1 fully saturated rings. The third-order valence-electron chi connectivity index (χ3n) is 7.22. The van der Waals surface area contributed by atoms with Gasteiger partial charge in [0.05, 0.1) is 10.6 Å². The summed E-state index contributed by atoms with van der Waals surface area (Å²) in [6, 6.07) is 19.1. The predicted octanol–water partition coefficient (Wildman–Crippen LogP) is 5.97. The summed E-state index contributed by atoms with van der Waals surface area (Å²) in [5.41, 5.74) is 1.56. The highest BCUT2D eigenvalue weighted by Gasteiger charge is 2.34. The van der Waals surface area contributed by atoms with E-state index in [9.17, 15) is 18.0 Å². The summed E-state index contributed by atoms with van der Waals surface area (Å²) in [5.74, 6) is -0.837. The van der Waals surface area contributed by atoms with Gasteiger partial charge in [-0.15, -0.1) is 0 Å². The molecule has 2 amide bonds. The second kappa shape index (κ2) is 13.1. The molecule has 0 radical (unpaired) electrons. The van der Waals surface area contributed by atoms with Crippen molar-refractivity contribution in [2.24, 2.45) is 0 Å². The Balaban J connectivity index is 1.72. The molecular formula is C30H33Cl2N3O4S. The number of amides is 2. The van der Waals surface area contributed by atoms with Gasteiger partial charge < -0.3 is 10.2 Å². The molecule has 4 rings (SSSR count). The molecule has 3 aromatic carbocycles. The van der Waals surface area contributed by atoms with Gasteiger partial charge in [0.15, 0.2) is 0 Å². The normalized spacial score (nSPS) is 14.5. The number of benzene rings is 3. The summed E-state index contributed by atoms with van der Waals surface area (Å²) in [7, 11) is -4.17. The molecule has 1 aliphatic rings. The lowest BCUT2D eigenvalue weighted by molar-refractivity contribution is -0.139. The molecule has 0 spiro atoms. The van der Waals surface area contributed by atoms with Crippen LogP contribution in [0.3, 0.4) is 0 Å². The summed E-state index contributed by atoms with van der Waals surface area (Å²) < 4.78 is 28.9. The number of nitrogens with one attached hydrogen (secondary N) is 1. The van der Waals surface area contributed by atoms with E-state index in [1.54, 1.807) is 68.4 Å². The van der Waals surface area contributed by atoms with E-state index in [0.717, 1.165) is 30.0 Å². The molecule has 40 heavy (non-hydrogen) atoms. The average Bonchev–Trinajstić information content (AvgIpc) is 3.45. The van der Waals surface area contributed by atoms with Gasteiger partial charge in [-0.1, -0.05) is 78.5 Å². The molecule has 1 aliphatic carbocycles. The topological polar surface area (TPSA) is 86.8 Å². The number of carbonyl (C=O) groups excluding carboxylic acids is 2. The number of sulfonamides is 1. The highest BCUT2D eigenvalue weighted by atomic mass is 35.5. The monoisotopic (exact) mass is 601 g/mol. The Morgan fingerprint density at radius 1 is 0.975 bits per heavy atom. The maximum absolute atomic E-state index is 14.1. The van der Waals surface area contributed by atoms with Gasteiger partial charge in [0, 0.05) is 22.6 Å². The van der Waals surface area contributed by atoms with Gasteiger partial charge in [-0.2, -0.15) is 0 Å². The molecule has 1 N–H and O–H groups in total. The first-order chi connectivity index (χ1) is 19.1. The number of anilines is 1. The fourth-order valence-electron chi connectivity index (χ4n) is 4.87. The maximum atomic E-state index is 14.1. The summed E-state index contributed by atoms with van der Waals surface area (Å²) in [4.78, 5) is 28.8. The van der Waals surface area contributed by atoms with Crippen molar-refractivity contribution in [3.63, 3.8) is 0 Å². The zero-order valence-electron chi connectivity index (χ0n) is 22.5. The fraction of sp³-hybridized carbons (Fsp3) is 0.333. The summed E-state index contributed by atoms with van der Waals surface area (Å²) in [6.07, 6.45) is 3.89. The van der Waals surface area contributed by atoms with Gasteiger partial charge in [-0.25, -0.2) is 8.42 Å². The Kier molecular flexibility index (Phi) is 9.77. The van der Waals surface area contributed by atoms with Gasteiger partial charge in [0.2, 0.25) is 11.8 Å². The van der Waals surface area contributed by atoms with Crippen molar-refractivity contribution >= 4 is 50.7 Å². The largest absolute Gasteiger partial charge is 0.352 e. The van der Waals surface area contributed by atoms with Crippen molar-refractivity contribution in [2.75, 3.05) is 10.8 Å². The Hall–Kier alpha value is -3.07. The van der Waals surface area contributed by atoms with Crippen molar-refractivity contribution in [1.29, 1.82) is 0 Å². The minimum atomic E-state index is -4.17. The fourth-order valence-corrected chi connectivity index (χ4v) is 6.72. The second-order valence-corrected chi connectivity index (χ2v) is 12.7. The third kappa shape index (κ3) is 6.97. The highest BCUT2D eigenvalue weighted by molar-refractivity contribution is 7.92. The molecule has 0 aliphatic heterocycles. The minimum Gasteiger partial charge on any atom is -0.352 e. The van der Waals surface area contributed by atoms with Crippen LogP contribution in [0.25, 0.3) is 0 Å². The number of aryl methyl sites for hydroxylation is 1. The number of nitrogens with zero attached hydrogens (tertiary/aromatic N) is 2. The predicted molar refractivity (Wildman–Crippen MR) is 159 cm³/mol. The van der Waals surface area contributed by atoms with Gasteiger partial charge >= 0.3 is 0 Å². The van der Waals surface area contributed by atoms with Gasteiger partial charge in [-0.05, 0) is 68.1 Å². The van der Waals surface area contributed by atoms with E-state index in [2.05, 4.69) is 5.32 Å². The molecule has 10 heteroatoms. The molecule has 0 aromatic heterocycles. The van der Waals surface area contributed by atoms with Crippen molar-refractivity contribution in [1.82, 2.24) is 10.2 Å². The standard InChI is InChI=1S/C30H33Cl2N3O4S/c1-21-16-17-24(31)18-28(21)35(40(38,39)26-13-4-3-5-14-26)20-29(36)34(19-23-10-6-9-15-27(23)32)22(2)30(37)33-25-11-7-8-12-25/h3-6,9-10,13-18,22,25H,7-8,11-12,19-20H2,1-2H3,(H,33,37). The lowest BCUT2D eigenvalue weighted by Crippen LogP contribution is -2.52. The third-order valence-corrected chi connectivity index (χ3v) is 9.60. The van der Waals surface area contributed by atoms with E-state index in [0.29, 0.717) is 21.2 Å². The first-order valence-electron chi connectivity index (χ1n) is 13.2. The quantitative estimate of drug-likeness (QED) is 0.310. The van der Waals surface area contributed by atoms with Crippen LogP contribution in [0.2, 0.25) is 10.0 Å². The van der Waals surface area contributed by atoms with Crippen LogP contribution in [0.15, 0.2) is 77.7 Å². The Labute approximate surface area is 246 Å². The van der Waals surface area contributed by atoms with E-state index in [4.69, 9.17) is 23.2 Å². The van der Waals surface area contributed by atoms with E-state index in [1.165, 1.54) is 23.1 Å². The molecule has 0 heterocycles. The molecule has 1 saturated carbocycles. The molecule has 1 unspecified atom stereocenters. The Morgan fingerprint density at radius 2 is 1.62 bits per heavy atom. The van der Waals surface area contributed by atoms with Crippen LogP contribution in [0.4, 0.5) is 5.69 Å². The average molecular weight is 603 g/mol. The van der Waals surface area contributed by atoms with Crippen LogP contribution in [0, 0.1) is 6.92 Å². The first-order valence-corrected chi connectivity index (χ1v) is 15.4. The number of rotatable bonds is 10. The van der Waals surface area contributed by atoms with Crippen LogP contribution in [0.5, 0.6) is 0 Å². The van der Waals surface area contributed by atoms with E-state index in [-0.39, 0.29) is 29.1 Å². The lowest BCUT2D eigenvalue weighted by Gasteiger charge is -2.33. The molecule has 0 saturated heterocycles. The highest BCUT2D eigenvalue weighted by Crippen LogP contribution is 2.30. The first kappa shape index (κ1) is 29.9. The van der Waals surface area contributed by atoms with Crippen molar-refractivity contribution in [3.8, 4) is 0 Å². The number of hydrogen-bond donors (Lipinski definition) is 1.